The molecule has 0 spiro atoms. The van der Waals surface area contributed by atoms with Gasteiger partial charge in [0.2, 0.25) is 5.91 Å². The van der Waals surface area contributed by atoms with E-state index < -0.39 is 0 Å². The molecule has 1 atom stereocenters. The zero-order chi connectivity index (χ0) is 14.2. The first-order chi connectivity index (χ1) is 10.3. The summed E-state index contributed by atoms with van der Waals surface area (Å²) < 4.78 is 5.69. The number of hydrogen-bond donors (Lipinski definition) is 1. The summed E-state index contributed by atoms with van der Waals surface area (Å²) in [7, 11) is 0. The summed E-state index contributed by atoms with van der Waals surface area (Å²) in [6.07, 6.45) is 3.74. The number of carbonyl (C=O) groups is 1. The summed E-state index contributed by atoms with van der Waals surface area (Å²) in [4.78, 5) is 16.1. The van der Waals surface area contributed by atoms with Crippen LogP contribution in [0.3, 0.4) is 0 Å². The number of benzene rings is 1. The maximum atomic E-state index is 11.4. The Morgan fingerprint density at radius 1 is 1.33 bits per heavy atom. The van der Waals surface area contributed by atoms with Crippen LogP contribution in [0.4, 0.5) is 5.69 Å². The number of fused-ring (bicyclic) bond motifs is 1. The molecule has 1 unspecified atom stereocenters. The summed E-state index contributed by atoms with van der Waals surface area (Å²) in [6, 6.07) is 6.15. The van der Waals surface area contributed by atoms with E-state index in [2.05, 4.69) is 16.8 Å². The third-order valence-electron chi connectivity index (χ3n) is 4.02. The van der Waals surface area contributed by atoms with Crippen molar-refractivity contribution in [3.05, 3.63) is 34.2 Å². The highest BCUT2D eigenvalue weighted by molar-refractivity contribution is 7.10. The number of thiazole rings is 1. The van der Waals surface area contributed by atoms with E-state index in [9.17, 15) is 4.79 Å². The molecule has 1 aromatic carbocycles. The molecular formula is C16H16N2O2S. The molecule has 3 heterocycles. The summed E-state index contributed by atoms with van der Waals surface area (Å²) in [5.41, 5.74) is 4.25. The Hall–Kier alpha value is -1.72. The average Bonchev–Trinajstić information content (AvgIpc) is 3.17. The number of nitrogens with zero attached hydrogens (tertiary/aromatic N) is 1. The molecule has 1 N–H and O–H groups in total. The van der Waals surface area contributed by atoms with Crippen LogP contribution >= 0.6 is 11.3 Å². The van der Waals surface area contributed by atoms with Crippen molar-refractivity contribution >= 4 is 22.9 Å². The van der Waals surface area contributed by atoms with E-state index in [1.54, 1.807) is 11.3 Å². The molecular weight excluding hydrogens is 284 g/mol. The van der Waals surface area contributed by atoms with Gasteiger partial charge in [-0.1, -0.05) is 6.07 Å². The SMILES string of the molecule is O=C1CCc2cc(-c3csc(C4CCCO4)n3)ccc2N1. The van der Waals surface area contributed by atoms with Gasteiger partial charge in [0.25, 0.3) is 0 Å². The van der Waals surface area contributed by atoms with Gasteiger partial charge in [-0.15, -0.1) is 11.3 Å². The van der Waals surface area contributed by atoms with Gasteiger partial charge in [-0.05, 0) is 37.0 Å². The van der Waals surface area contributed by atoms with Crippen LogP contribution in [0.2, 0.25) is 0 Å². The summed E-state index contributed by atoms with van der Waals surface area (Å²) in [6.45, 7) is 0.845. The molecule has 0 radical (unpaired) electrons. The molecule has 2 aliphatic heterocycles. The van der Waals surface area contributed by atoms with E-state index in [1.165, 1.54) is 5.56 Å². The van der Waals surface area contributed by atoms with Crippen LogP contribution < -0.4 is 5.32 Å². The van der Waals surface area contributed by atoms with Crippen LogP contribution in [-0.4, -0.2) is 17.5 Å². The molecule has 4 nitrogen and oxygen atoms in total. The lowest BCUT2D eigenvalue weighted by atomic mass is 9.99. The maximum Gasteiger partial charge on any atom is 0.224 e. The van der Waals surface area contributed by atoms with Gasteiger partial charge in [-0.3, -0.25) is 4.79 Å². The number of carbonyl (C=O) groups excluding carboxylic acids is 1. The topological polar surface area (TPSA) is 51.2 Å². The first-order valence-corrected chi connectivity index (χ1v) is 8.18. The first-order valence-electron chi connectivity index (χ1n) is 7.30. The molecule has 1 saturated heterocycles. The minimum absolute atomic E-state index is 0.101. The lowest BCUT2D eigenvalue weighted by molar-refractivity contribution is -0.116. The highest BCUT2D eigenvalue weighted by Gasteiger charge is 2.21. The largest absolute Gasteiger partial charge is 0.371 e. The molecule has 1 amide bonds. The van der Waals surface area contributed by atoms with Gasteiger partial charge >= 0.3 is 0 Å². The summed E-state index contributed by atoms with van der Waals surface area (Å²) in [5, 5.41) is 6.09. The standard InChI is InChI=1S/C16H16N2O2S/c19-15-6-4-10-8-11(3-5-12(10)17-15)13-9-21-16(18-13)14-2-1-7-20-14/h3,5,8-9,14H,1-2,4,6-7H2,(H,17,19). The molecule has 1 fully saturated rings. The second kappa shape index (κ2) is 5.24. The highest BCUT2D eigenvalue weighted by Crippen LogP contribution is 2.34. The lowest BCUT2D eigenvalue weighted by Crippen LogP contribution is -2.18. The van der Waals surface area contributed by atoms with E-state index >= 15 is 0 Å². The number of aryl methyl sites for hydroxylation is 1. The van der Waals surface area contributed by atoms with E-state index in [1.807, 2.05) is 12.1 Å². The lowest BCUT2D eigenvalue weighted by Gasteiger charge is -2.17. The van der Waals surface area contributed by atoms with Crippen LogP contribution in [0.15, 0.2) is 23.6 Å². The summed E-state index contributed by atoms with van der Waals surface area (Å²) >= 11 is 1.67. The number of ether oxygens (including phenoxy) is 1. The van der Waals surface area contributed by atoms with Gasteiger partial charge in [-0.2, -0.15) is 0 Å². The maximum absolute atomic E-state index is 11.4. The number of amides is 1. The minimum atomic E-state index is 0.101. The van der Waals surface area contributed by atoms with Crippen molar-refractivity contribution in [2.24, 2.45) is 0 Å². The monoisotopic (exact) mass is 300 g/mol. The molecule has 2 aliphatic rings. The number of hydrogen-bond acceptors (Lipinski definition) is 4. The zero-order valence-electron chi connectivity index (χ0n) is 11.6. The fourth-order valence-electron chi connectivity index (χ4n) is 2.88. The van der Waals surface area contributed by atoms with Gasteiger partial charge in [0.15, 0.2) is 0 Å². The molecule has 0 aliphatic carbocycles. The average molecular weight is 300 g/mol. The van der Waals surface area contributed by atoms with Crippen molar-refractivity contribution in [1.29, 1.82) is 0 Å². The Morgan fingerprint density at radius 2 is 2.29 bits per heavy atom. The predicted molar refractivity (Wildman–Crippen MR) is 82.4 cm³/mol. The summed E-state index contributed by atoms with van der Waals surface area (Å²) in [5.74, 6) is 0.101. The Morgan fingerprint density at radius 3 is 3.14 bits per heavy atom. The Balaban J connectivity index is 1.63. The van der Waals surface area contributed by atoms with E-state index in [0.717, 1.165) is 47.8 Å². The minimum Gasteiger partial charge on any atom is -0.371 e. The number of aromatic nitrogens is 1. The normalized spacial score (nSPS) is 21.1. The Kier molecular flexibility index (Phi) is 3.24. The van der Waals surface area contributed by atoms with Crippen LogP contribution in [-0.2, 0) is 16.0 Å². The van der Waals surface area contributed by atoms with Gasteiger partial charge in [-0.25, -0.2) is 4.98 Å². The molecule has 1 aromatic heterocycles. The van der Waals surface area contributed by atoms with E-state index in [0.29, 0.717) is 6.42 Å². The third kappa shape index (κ3) is 2.47. The molecule has 5 heteroatoms. The van der Waals surface area contributed by atoms with Crippen molar-refractivity contribution in [1.82, 2.24) is 4.98 Å². The number of nitrogens with one attached hydrogen (secondary N) is 1. The van der Waals surface area contributed by atoms with Crippen molar-refractivity contribution in [2.45, 2.75) is 31.8 Å². The van der Waals surface area contributed by atoms with Crippen molar-refractivity contribution < 1.29 is 9.53 Å². The quantitative estimate of drug-likeness (QED) is 0.923. The van der Waals surface area contributed by atoms with Gasteiger partial charge in [0.05, 0.1) is 5.69 Å². The van der Waals surface area contributed by atoms with Crippen LogP contribution in [0.1, 0.15) is 35.9 Å². The molecule has 108 valence electrons. The fourth-order valence-corrected chi connectivity index (χ4v) is 3.79. The molecule has 21 heavy (non-hydrogen) atoms. The van der Waals surface area contributed by atoms with E-state index in [4.69, 9.17) is 9.72 Å². The second-order valence-electron chi connectivity index (χ2n) is 5.49. The Labute approximate surface area is 127 Å². The van der Waals surface area contributed by atoms with Crippen molar-refractivity contribution in [2.75, 3.05) is 11.9 Å². The smallest absolute Gasteiger partial charge is 0.224 e. The van der Waals surface area contributed by atoms with Crippen LogP contribution in [0.25, 0.3) is 11.3 Å². The fraction of sp³-hybridized carbons (Fsp3) is 0.375. The van der Waals surface area contributed by atoms with Crippen LogP contribution in [0, 0.1) is 0 Å². The number of anilines is 1. The molecule has 4 rings (SSSR count). The van der Waals surface area contributed by atoms with Gasteiger partial charge in [0, 0.05) is 29.7 Å². The van der Waals surface area contributed by atoms with Gasteiger partial charge < -0.3 is 10.1 Å². The van der Waals surface area contributed by atoms with Gasteiger partial charge in [0.1, 0.15) is 11.1 Å². The highest BCUT2D eigenvalue weighted by atomic mass is 32.1. The molecule has 2 aromatic rings. The second-order valence-corrected chi connectivity index (χ2v) is 6.38. The first kappa shape index (κ1) is 13.0. The van der Waals surface area contributed by atoms with Crippen molar-refractivity contribution in [3.63, 3.8) is 0 Å². The third-order valence-corrected chi connectivity index (χ3v) is 4.96. The van der Waals surface area contributed by atoms with E-state index in [-0.39, 0.29) is 12.0 Å². The molecule has 0 bridgehead atoms. The zero-order valence-corrected chi connectivity index (χ0v) is 12.4. The Bertz CT molecular complexity index is 689. The van der Waals surface area contributed by atoms with Crippen molar-refractivity contribution in [3.8, 4) is 11.3 Å². The van der Waals surface area contributed by atoms with Crippen LogP contribution in [0.5, 0.6) is 0 Å². The predicted octanol–water partition coefficient (Wildman–Crippen LogP) is 3.55. The molecule has 0 saturated carbocycles. The number of rotatable bonds is 2.